The second kappa shape index (κ2) is 10.7. The van der Waals surface area contributed by atoms with E-state index in [1.165, 1.54) is 18.1 Å². The Kier molecular flexibility index (Phi) is 7.66. The predicted octanol–water partition coefficient (Wildman–Crippen LogP) is 2.04. The number of alkyl halides is 3. The average molecular weight is 524 g/mol. The zero-order chi connectivity index (χ0) is 26.7. The molecule has 0 radical (unpaired) electrons. The van der Waals surface area contributed by atoms with Crippen LogP contribution in [-0.4, -0.2) is 68.8 Å². The predicted molar refractivity (Wildman–Crippen MR) is 128 cm³/mol. The van der Waals surface area contributed by atoms with E-state index < -0.39 is 29.0 Å². The van der Waals surface area contributed by atoms with Gasteiger partial charge in [-0.3, -0.25) is 9.59 Å². The van der Waals surface area contributed by atoms with Gasteiger partial charge in [0.05, 0.1) is 24.6 Å². The van der Waals surface area contributed by atoms with Crippen molar-refractivity contribution in [1.29, 1.82) is 0 Å². The standard InChI is InChI=1S/C23H28F3N7O4/c1-31-13-15(23(24,25)26)10-17(21(31)36)29-22(37)33(8-9-34)16-4-6-32(7-5-16)19-12-27-18(11-28-19)30-20(35)14-2-3-14/h10-14,16,34H,2-9H2,1H3,(H,29,37)(H,27,30,35). The van der Waals surface area contributed by atoms with Gasteiger partial charge in [-0.2, -0.15) is 13.2 Å². The number of hydrogen-bond acceptors (Lipinski definition) is 7. The van der Waals surface area contributed by atoms with E-state index in [9.17, 15) is 32.7 Å². The molecule has 0 atom stereocenters. The minimum Gasteiger partial charge on any atom is -0.395 e. The van der Waals surface area contributed by atoms with Crippen molar-refractivity contribution in [2.45, 2.75) is 37.9 Å². The molecule has 3 N–H and O–H groups in total. The summed E-state index contributed by atoms with van der Waals surface area (Å²) in [6.07, 6.45) is 1.78. The fraction of sp³-hybridized carbons (Fsp3) is 0.522. The first-order valence-corrected chi connectivity index (χ1v) is 11.9. The first-order valence-electron chi connectivity index (χ1n) is 11.9. The van der Waals surface area contributed by atoms with E-state index in [4.69, 9.17) is 0 Å². The quantitative estimate of drug-likeness (QED) is 0.506. The Labute approximate surface area is 210 Å². The summed E-state index contributed by atoms with van der Waals surface area (Å²) < 4.78 is 40.3. The number of nitrogens with zero attached hydrogens (tertiary/aromatic N) is 5. The van der Waals surface area contributed by atoms with Crippen molar-refractivity contribution in [3.05, 3.63) is 40.6 Å². The van der Waals surface area contributed by atoms with Crippen LogP contribution in [0.15, 0.2) is 29.5 Å². The summed E-state index contributed by atoms with van der Waals surface area (Å²) in [6.45, 7) is 0.611. The second-order valence-electron chi connectivity index (χ2n) is 9.15. The molecule has 1 aliphatic heterocycles. The topological polar surface area (TPSA) is 133 Å². The normalized spacial score (nSPS) is 16.4. The highest BCUT2D eigenvalue weighted by Gasteiger charge is 2.33. The van der Waals surface area contributed by atoms with E-state index in [1.807, 2.05) is 4.90 Å². The Balaban J connectivity index is 1.38. The van der Waals surface area contributed by atoms with Gasteiger partial charge in [-0.25, -0.2) is 14.8 Å². The van der Waals surface area contributed by atoms with Crippen molar-refractivity contribution in [2.75, 3.05) is 41.8 Å². The van der Waals surface area contributed by atoms with Gasteiger partial charge in [0.15, 0.2) is 5.82 Å². The van der Waals surface area contributed by atoms with Crippen LogP contribution in [0, 0.1) is 5.92 Å². The summed E-state index contributed by atoms with van der Waals surface area (Å²) in [5.74, 6) is 0.972. The molecule has 11 nitrogen and oxygen atoms in total. The molecule has 1 saturated heterocycles. The minimum atomic E-state index is -4.69. The molecule has 0 aromatic carbocycles. The van der Waals surface area contributed by atoms with Gasteiger partial charge >= 0.3 is 12.2 Å². The van der Waals surface area contributed by atoms with Crippen LogP contribution >= 0.6 is 0 Å². The maximum absolute atomic E-state index is 13.2. The lowest BCUT2D eigenvalue weighted by atomic mass is 10.0. The molecule has 2 fully saturated rings. The number of aryl methyl sites for hydroxylation is 1. The van der Waals surface area contributed by atoms with E-state index in [0.717, 1.165) is 17.4 Å². The third-order valence-electron chi connectivity index (χ3n) is 6.42. The molecule has 0 bridgehead atoms. The van der Waals surface area contributed by atoms with Crippen molar-refractivity contribution < 1.29 is 27.9 Å². The van der Waals surface area contributed by atoms with Crippen LogP contribution in [0.3, 0.4) is 0 Å². The molecule has 4 rings (SSSR count). The van der Waals surface area contributed by atoms with E-state index in [0.29, 0.717) is 49.8 Å². The van der Waals surface area contributed by atoms with Gasteiger partial charge in [0.2, 0.25) is 5.91 Å². The number of carbonyl (C=O) groups is 2. The Morgan fingerprint density at radius 2 is 1.84 bits per heavy atom. The highest BCUT2D eigenvalue weighted by molar-refractivity contribution is 5.93. The number of aliphatic hydroxyl groups is 1. The number of nitrogens with one attached hydrogen (secondary N) is 2. The lowest BCUT2D eigenvalue weighted by Crippen LogP contribution is -2.50. The number of hydrogen-bond donors (Lipinski definition) is 3. The Hall–Kier alpha value is -3.68. The number of amides is 3. The van der Waals surface area contributed by atoms with Crippen molar-refractivity contribution in [3.8, 4) is 0 Å². The number of aliphatic hydroxyl groups excluding tert-OH is 1. The zero-order valence-corrected chi connectivity index (χ0v) is 20.2. The van der Waals surface area contributed by atoms with Crippen LogP contribution in [0.2, 0.25) is 0 Å². The summed E-state index contributed by atoms with van der Waals surface area (Å²) in [5.41, 5.74) is -2.34. The average Bonchev–Trinajstić information content (AvgIpc) is 3.71. The molecule has 0 unspecified atom stereocenters. The molecule has 3 heterocycles. The Bertz CT molecular complexity index is 1190. The van der Waals surface area contributed by atoms with Crippen molar-refractivity contribution >= 4 is 29.3 Å². The minimum absolute atomic E-state index is 0.0506. The van der Waals surface area contributed by atoms with Gasteiger partial charge in [-0.1, -0.05) is 0 Å². The first kappa shape index (κ1) is 26.4. The van der Waals surface area contributed by atoms with Gasteiger partial charge in [-0.05, 0) is 31.7 Å². The largest absolute Gasteiger partial charge is 0.417 e. The zero-order valence-electron chi connectivity index (χ0n) is 20.2. The molecule has 1 saturated carbocycles. The number of anilines is 3. The molecule has 3 amide bonds. The number of halogens is 3. The number of piperidine rings is 1. The number of urea groups is 1. The van der Waals surface area contributed by atoms with Crippen LogP contribution in [0.25, 0.3) is 0 Å². The highest BCUT2D eigenvalue weighted by Crippen LogP contribution is 2.31. The first-order chi connectivity index (χ1) is 17.6. The van der Waals surface area contributed by atoms with Crippen LogP contribution in [0.4, 0.5) is 35.3 Å². The van der Waals surface area contributed by atoms with Crippen LogP contribution in [0.5, 0.6) is 0 Å². The summed E-state index contributed by atoms with van der Waals surface area (Å²) in [6, 6.07) is -0.474. The van der Waals surface area contributed by atoms with Crippen molar-refractivity contribution in [1.82, 2.24) is 19.4 Å². The molecule has 14 heteroatoms. The Morgan fingerprint density at radius 3 is 2.41 bits per heavy atom. The van der Waals surface area contributed by atoms with Gasteiger partial charge < -0.3 is 30.1 Å². The molecular weight excluding hydrogens is 495 g/mol. The smallest absolute Gasteiger partial charge is 0.395 e. The lowest BCUT2D eigenvalue weighted by Gasteiger charge is -2.38. The molecule has 0 spiro atoms. The van der Waals surface area contributed by atoms with Gasteiger partial charge in [-0.15, -0.1) is 0 Å². The number of aromatic nitrogens is 3. The summed E-state index contributed by atoms with van der Waals surface area (Å²) in [5, 5.41) is 14.5. The van der Waals surface area contributed by atoms with E-state index >= 15 is 0 Å². The molecule has 200 valence electrons. The molecule has 2 aromatic heterocycles. The third kappa shape index (κ3) is 6.37. The third-order valence-corrected chi connectivity index (χ3v) is 6.42. The monoisotopic (exact) mass is 523 g/mol. The van der Waals surface area contributed by atoms with E-state index in [1.54, 1.807) is 6.20 Å². The maximum Gasteiger partial charge on any atom is 0.417 e. The SMILES string of the molecule is Cn1cc(C(F)(F)F)cc(NC(=O)N(CCO)C2CCN(c3cnc(NC(=O)C4CC4)cn3)CC2)c1=O. The second-order valence-corrected chi connectivity index (χ2v) is 9.15. The molecule has 1 aliphatic carbocycles. The molecule has 2 aromatic rings. The maximum atomic E-state index is 13.2. The molecular formula is C23H28F3N7O4. The highest BCUT2D eigenvalue weighted by atomic mass is 19.4. The van der Waals surface area contributed by atoms with Crippen LogP contribution in [-0.2, 0) is 18.0 Å². The fourth-order valence-electron chi connectivity index (χ4n) is 4.23. The number of rotatable bonds is 7. The molecule has 2 aliphatic rings. The van der Waals surface area contributed by atoms with Crippen LogP contribution < -0.4 is 21.1 Å². The number of pyridine rings is 1. The van der Waals surface area contributed by atoms with Crippen molar-refractivity contribution in [2.24, 2.45) is 13.0 Å². The van der Waals surface area contributed by atoms with Gasteiger partial charge in [0.25, 0.3) is 5.56 Å². The van der Waals surface area contributed by atoms with E-state index in [-0.39, 0.29) is 31.0 Å². The summed E-state index contributed by atoms with van der Waals surface area (Å²) in [7, 11) is 1.17. The van der Waals surface area contributed by atoms with Gasteiger partial charge in [0, 0.05) is 44.8 Å². The van der Waals surface area contributed by atoms with E-state index in [2.05, 4.69) is 20.6 Å². The Morgan fingerprint density at radius 1 is 1.14 bits per heavy atom. The van der Waals surface area contributed by atoms with Crippen molar-refractivity contribution in [3.63, 3.8) is 0 Å². The summed E-state index contributed by atoms with van der Waals surface area (Å²) in [4.78, 5) is 49.1. The fourth-order valence-corrected chi connectivity index (χ4v) is 4.23. The number of carbonyl (C=O) groups excluding carboxylic acids is 2. The summed E-state index contributed by atoms with van der Waals surface area (Å²) >= 11 is 0. The lowest BCUT2D eigenvalue weighted by molar-refractivity contribution is -0.138. The molecule has 37 heavy (non-hydrogen) atoms. The van der Waals surface area contributed by atoms with Gasteiger partial charge in [0.1, 0.15) is 11.5 Å². The van der Waals surface area contributed by atoms with Crippen LogP contribution in [0.1, 0.15) is 31.2 Å².